The van der Waals surface area contributed by atoms with E-state index in [0.29, 0.717) is 8.04 Å². The van der Waals surface area contributed by atoms with Crippen LogP contribution in [0.25, 0.3) is 0 Å². The molecule has 0 unspecified atom stereocenters. The summed E-state index contributed by atoms with van der Waals surface area (Å²) in [6.07, 6.45) is -5.61. The van der Waals surface area contributed by atoms with Gasteiger partial charge in [0.25, 0.3) is 0 Å². The summed E-state index contributed by atoms with van der Waals surface area (Å²) >= 11 is 4.84. The quantitative estimate of drug-likeness (QED) is 0.502. The first-order chi connectivity index (χ1) is 7.63. The van der Waals surface area contributed by atoms with Crippen LogP contribution in [0.2, 0.25) is 0 Å². The molecule has 0 radical (unpaired) electrons. The molecule has 0 aromatic heterocycles. The third-order valence-electron chi connectivity index (χ3n) is 1.72. The van der Waals surface area contributed by atoms with E-state index in [2.05, 4.69) is 20.7 Å². The molecular weight excluding hydrogens is 426 g/mol. The first kappa shape index (κ1) is 14.9. The monoisotopic (exact) mass is 430 g/mol. The Morgan fingerprint density at radius 2 is 1.76 bits per heavy atom. The van der Waals surface area contributed by atoms with Crippen LogP contribution in [0.4, 0.5) is 22.0 Å². The number of alkyl halides is 5. The lowest BCUT2D eigenvalue weighted by atomic mass is 10.3. The predicted octanol–water partition coefficient (Wildman–Crippen LogP) is 4.63. The van der Waals surface area contributed by atoms with E-state index in [1.807, 2.05) is 0 Å². The molecule has 0 aliphatic heterocycles. The van der Waals surface area contributed by atoms with Crippen molar-refractivity contribution in [3.8, 4) is 5.75 Å². The van der Waals surface area contributed by atoms with Crippen LogP contribution in [0, 0.1) is 3.57 Å². The second-order valence-corrected chi connectivity index (χ2v) is 5.14. The van der Waals surface area contributed by atoms with Crippen LogP contribution in [-0.2, 0) is 0 Å². The van der Waals surface area contributed by atoms with Gasteiger partial charge >= 0.3 is 12.1 Å². The van der Waals surface area contributed by atoms with E-state index in [1.165, 1.54) is 12.1 Å². The molecule has 0 fully saturated rings. The van der Waals surface area contributed by atoms with Gasteiger partial charge in [0.2, 0.25) is 0 Å². The summed E-state index contributed by atoms with van der Waals surface area (Å²) in [5.74, 6) is -4.89. The molecule has 96 valence electrons. The molecule has 1 nitrogen and oxygen atoms in total. The Kier molecular flexibility index (Phi) is 4.61. The molecule has 0 saturated heterocycles. The van der Waals surface area contributed by atoms with Crippen molar-refractivity contribution in [1.82, 2.24) is 0 Å². The number of rotatable bonds is 3. The first-order valence-electron chi connectivity index (χ1n) is 4.16. The van der Waals surface area contributed by atoms with Gasteiger partial charge in [0.05, 0.1) is 3.57 Å². The van der Waals surface area contributed by atoms with E-state index < -0.39 is 18.7 Å². The number of benzene rings is 1. The molecule has 0 bridgehead atoms. The van der Waals surface area contributed by atoms with E-state index in [-0.39, 0.29) is 5.75 Å². The molecule has 8 heteroatoms. The van der Waals surface area contributed by atoms with E-state index in [0.717, 1.165) is 0 Å². The van der Waals surface area contributed by atoms with Crippen LogP contribution >= 0.6 is 38.5 Å². The molecule has 0 heterocycles. The second kappa shape index (κ2) is 5.25. The number of hydrogen-bond donors (Lipinski definition) is 0. The molecule has 0 amide bonds. The molecular formula is C9H5BrF5IO. The van der Waals surface area contributed by atoms with Gasteiger partial charge < -0.3 is 4.74 Å². The molecule has 0 aliphatic carbocycles. The zero-order chi connectivity index (χ0) is 13.3. The highest BCUT2D eigenvalue weighted by molar-refractivity contribution is 14.1. The largest absolute Gasteiger partial charge is 0.486 e. The van der Waals surface area contributed by atoms with Gasteiger partial charge in [-0.25, -0.2) is 0 Å². The predicted molar refractivity (Wildman–Crippen MR) is 63.4 cm³/mol. The zero-order valence-electron chi connectivity index (χ0n) is 7.99. The van der Waals surface area contributed by atoms with E-state index in [4.69, 9.17) is 0 Å². The fourth-order valence-electron chi connectivity index (χ4n) is 0.838. The Morgan fingerprint density at radius 3 is 2.29 bits per heavy atom. The average molecular weight is 431 g/mol. The average Bonchev–Trinajstić information content (AvgIpc) is 2.18. The van der Waals surface area contributed by atoms with Gasteiger partial charge in [-0.05, 0) is 40.8 Å². The zero-order valence-corrected chi connectivity index (χ0v) is 11.7. The number of ether oxygens (including phenoxy) is 1. The molecule has 0 N–H and O–H groups in total. The fourth-order valence-corrected chi connectivity index (χ4v) is 1.67. The Hall–Kier alpha value is -0.120. The van der Waals surface area contributed by atoms with Gasteiger partial charge in [0.15, 0.2) is 6.61 Å². The molecule has 1 rings (SSSR count). The Balaban J connectivity index is 2.77. The van der Waals surface area contributed by atoms with Crippen LogP contribution in [0.5, 0.6) is 5.75 Å². The lowest BCUT2D eigenvalue weighted by Gasteiger charge is -2.20. The molecule has 0 atom stereocenters. The molecule has 1 aromatic carbocycles. The summed E-state index contributed by atoms with van der Waals surface area (Å²) in [6, 6.07) is 4.48. The van der Waals surface area contributed by atoms with Crippen LogP contribution < -0.4 is 4.74 Å². The highest BCUT2D eigenvalue weighted by Crippen LogP contribution is 2.36. The SMILES string of the molecule is FC(F)(F)C(F)(F)COc1cc(Br)ccc1I. The highest BCUT2D eigenvalue weighted by Gasteiger charge is 2.58. The first-order valence-corrected chi connectivity index (χ1v) is 6.03. The van der Waals surface area contributed by atoms with Crippen LogP contribution in [0.1, 0.15) is 0 Å². The molecule has 1 aromatic rings. The summed E-state index contributed by atoms with van der Waals surface area (Å²) in [5, 5.41) is 0. The summed E-state index contributed by atoms with van der Waals surface area (Å²) in [7, 11) is 0. The summed E-state index contributed by atoms with van der Waals surface area (Å²) in [4.78, 5) is 0. The van der Waals surface area contributed by atoms with Crippen molar-refractivity contribution in [3.05, 3.63) is 26.2 Å². The van der Waals surface area contributed by atoms with E-state index in [1.54, 1.807) is 28.7 Å². The van der Waals surface area contributed by atoms with E-state index in [9.17, 15) is 22.0 Å². The lowest BCUT2D eigenvalue weighted by Crippen LogP contribution is -2.41. The topological polar surface area (TPSA) is 9.23 Å². The van der Waals surface area contributed by atoms with Crippen molar-refractivity contribution < 1.29 is 26.7 Å². The van der Waals surface area contributed by atoms with Crippen molar-refractivity contribution in [1.29, 1.82) is 0 Å². The van der Waals surface area contributed by atoms with Crippen LogP contribution in [0.15, 0.2) is 22.7 Å². The summed E-state index contributed by atoms with van der Waals surface area (Å²) < 4.78 is 66.3. The van der Waals surface area contributed by atoms with Gasteiger partial charge in [-0.2, -0.15) is 22.0 Å². The maximum Gasteiger partial charge on any atom is 0.456 e. The standard InChI is InChI=1S/C9H5BrF5IO/c10-5-1-2-6(16)7(3-5)17-4-8(11,12)9(13,14)15/h1-3H,4H2. The maximum atomic E-state index is 12.6. The third kappa shape index (κ3) is 3.94. The third-order valence-corrected chi connectivity index (χ3v) is 3.10. The fraction of sp³-hybridized carbons (Fsp3) is 0.333. The minimum absolute atomic E-state index is 0.0242. The van der Waals surface area contributed by atoms with Crippen molar-refractivity contribution in [2.75, 3.05) is 6.61 Å². The van der Waals surface area contributed by atoms with Gasteiger partial charge in [-0.3, -0.25) is 0 Å². The second-order valence-electron chi connectivity index (χ2n) is 3.07. The van der Waals surface area contributed by atoms with Gasteiger partial charge in [0, 0.05) is 4.47 Å². The van der Waals surface area contributed by atoms with Crippen molar-refractivity contribution >= 4 is 38.5 Å². The number of halogens is 7. The van der Waals surface area contributed by atoms with Crippen molar-refractivity contribution in [2.45, 2.75) is 12.1 Å². The lowest BCUT2D eigenvalue weighted by molar-refractivity contribution is -0.290. The molecule has 0 saturated carbocycles. The maximum absolute atomic E-state index is 12.6. The Bertz CT molecular complexity index is 407. The van der Waals surface area contributed by atoms with Gasteiger partial charge in [0.1, 0.15) is 5.75 Å². The minimum atomic E-state index is -5.61. The molecule has 0 spiro atoms. The smallest absolute Gasteiger partial charge is 0.456 e. The Labute approximate surface area is 116 Å². The number of hydrogen-bond acceptors (Lipinski definition) is 1. The molecule has 17 heavy (non-hydrogen) atoms. The minimum Gasteiger partial charge on any atom is -0.486 e. The normalized spacial score (nSPS) is 12.6. The highest BCUT2D eigenvalue weighted by atomic mass is 127. The van der Waals surface area contributed by atoms with Crippen molar-refractivity contribution in [3.63, 3.8) is 0 Å². The van der Waals surface area contributed by atoms with Crippen LogP contribution in [0.3, 0.4) is 0 Å². The summed E-state index contributed by atoms with van der Waals surface area (Å²) in [6.45, 7) is -1.73. The van der Waals surface area contributed by atoms with E-state index >= 15 is 0 Å². The van der Waals surface area contributed by atoms with Gasteiger partial charge in [-0.15, -0.1) is 0 Å². The molecule has 0 aliphatic rings. The summed E-state index contributed by atoms with van der Waals surface area (Å²) in [5.41, 5.74) is 0. The van der Waals surface area contributed by atoms with Crippen LogP contribution in [-0.4, -0.2) is 18.7 Å². The van der Waals surface area contributed by atoms with Gasteiger partial charge in [-0.1, -0.05) is 15.9 Å². The Morgan fingerprint density at radius 1 is 1.18 bits per heavy atom. The van der Waals surface area contributed by atoms with Crippen molar-refractivity contribution in [2.24, 2.45) is 0 Å².